The molecule has 5 heteroatoms. The Bertz CT molecular complexity index is 513. The fourth-order valence-electron chi connectivity index (χ4n) is 2.88. The maximum Gasteiger partial charge on any atom is 0.124 e. The number of rotatable bonds is 8. The number of nitrogens with two attached hydrogens (primary N) is 1. The monoisotopic (exact) mass is 301 g/mol. The third kappa shape index (κ3) is 4.52. The van der Waals surface area contributed by atoms with Gasteiger partial charge in [0, 0.05) is 26.2 Å². The van der Waals surface area contributed by atoms with Crippen molar-refractivity contribution < 1.29 is 4.74 Å². The van der Waals surface area contributed by atoms with Gasteiger partial charge in [-0.05, 0) is 49.4 Å². The number of hydrogen-bond acceptors (Lipinski definition) is 4. The van der Waals surface area contributed by atoms with E-state index in [4.69, 9.17) is 10.5 Å². The molecular weight excluding hydrogens is 273 g/mol. The number of likely N-dealkylation sites (tertiary alicyclic amines) is 1. The second kappa shape index (κ2) is 8.25. The Morgan fingerprint density at radius 2 is 2.27 bits per heavy atom. The highest BCUT2D eigenvalue weighted by Crippen LogP contribution is 2.24. The third-order valence-electron chi connectivity index (χ3n) is 4.06. The van der Waals surface area contributed by atoms with Crippen LogP contribution in [0.1, 0.15) is 11.1 Å². The van der Waals surface area contributed by atoms with Crippen LogP contribution in [0, 0.1) is 6.92 Å². The molecule has 3 N–H and O–H groups in total. The van der Waals surface area contributed by atoms with Gasteiger partial charge in [-0.2, -0.15) is 0 Å². The molecule has 1 heterocycles. The van der Waals surface area contributed by atoms with E-state index >= 15 is 0 Å². The summed E-state index contributed by atoms with van der Waals surface area (Å²) in [5.41, 5.74) is 9.50. The Morgan fingerprint density at radius 1 is 1.50 bits per heavy atom. The highest BCUT2D eigenvalue weighted by atomic mass is 16.5. The molecule has 0 spiro atoms. The van der Waals surface area contributed by atoms with Crippen molar-refractivity contribution >= 4 is 7.85 Å². The molecule has 0 amide bonds. The fraction of sp³-hybridized carbons (Fsp3) is 0.529. The van der Waals surface area contributed by atoms with Crippen LogP contribution in [0.25, 0.3) is 0 Å². The van der Waals surface area contributed by atoms with Crippen LogP contribution in [-0.4, -0.2) is 52.1 Å². The van der Waals surface area contributed by atoms with Crippen molar-refractivity contribution in [2.75, 3.05) is 33.2 Å². The van der Waals surface area contributed by atoms with Gasteiger partial charge in [-0.3, -0.25) is 4.90 Å². The molecule has 22 heavy (non-hydrogen) atoms. The molecule has 0 aromatic heterocycles. The van der Waals surface area contributed by atoms with Crippen molar-refractivity contribution in [2.24, 2.45) is 5.73 Å². The van der Waals surface area contributed by atoms with Gasteiger partial charge in [0.1, 0.15) is 19.7 Å². The van der Waals surface area contributed by atoms with Crippen molar-refractivity contribution in [3.8, 4) is 5.75 Å². The zero-order valence-electron chi connectivity index (χ0n) is 14.1. The van der Waals surface area contributed by atoms with Gasteiger partial charge in [0.25, 0.3) is 0 Å². The van der Waals surface area contributed by atoms with Crippen molar-refractivity contribution in [1.29, 1.82) is 0 Å². The molecule has 0 radical (unpaired) electrons. The highest BCUT2D eigenvalue weighted by molar-refractivity contribution is 6.08. The SMILES string of the molecule is BCCc1ccc(OC2CN(C/C(=C/N)CNC)C2)c(C)c1. The lowest BCUT2D eigenvalue weighted by Crippen LogP contribution is -2.54. The average Bonchev–Trinajstić information content (AvgIpc) is 2.46. The zero-order chi connectivity index (χ0) is 15.9. The summed E-state index contributed by atoms with van der Waals surface area (Å²) in [5.74, 6) is 1.02. The molecule has 1 saturated heterocycles. The topological polar surface area (TPSA) is 50.5 Å². The van der Waals surface area contributed by atoms with E-state index in [0.29, 0.717) is 6.10 Å². The van der Waals surface area contributed by atoms with E-state index in [1.807, 2.05) is 7.05 Å². The predicted octanol–water partition coefficient (Wildman–Crippen LogP) is 0.714. The summed E-state index contributed by atoms with van der Waals surface area (Å²) in [6.45, 7) is 5.84. The van der Waals surface area contributed by atoms with Crippen LogP contribution in [0.15, 0.2) is 30.0 Å². The number of likely N-dealkylation sites (N-methyl/N-ethyl adjacent to an activating group) is 1. The first-order valence-corrected chi connectivity index (χ1v) is 8.19. The molecule has 4 nitrogen and oxygen atoms in total. The zero-order valence-corrected chi connectivity index (χ0v) is 14.1. The van der Waals surface area contributed by atoms with Crippen molar-refractivity contribution in [2.45, 2.75) is 25.8 Å². The number of ether oxygens (including phenoxy) is 1. The van der Waals surface area contributed by atoms with Crippen LogP contribution in [-0.2, 0) is 6.42 Å². The van der Waals surface area contributed by atoms with Gasteiger partial charge in [-0.1, -0.05) is 18.5 Å². The van der Waals surface area contributed by atoms with Gasteiger partial charge in [0.15, 0.2) is 0 Å². The average molecular weight is 301 g/mol. The lowest BCUT2D eigenvalue weighted by Gasteiger charge is -2.39. The molecule has 0 aliphatic carbocycles. The van der Waals surface area contributed by atoms with Crippen LogP contribution in [0.2, 0.25) is 6.32 Å². The second-order valence-electron chi connectivity index (χ2n) is 6.14. The summed E-state index contributed by atoms with van der Waals surface area (Å²) in [6, 6.07) is 6.55. The van der Waals surface area contributed by atoms with E-state index in [1.165, 1.54) is 23.0 Å². The van der Waals surface area contributed by atoms with E-state index in [2.05, 4.69) is 43.2 Å². The van der Waals surface area contributed by atoms with E-state index in [-0.39, 0.29) is 0 Å². The Hall–Kier alpha value is -1.46. The first-order chi connectivity index (χ1) is 10.7. The summed E-state index contributed by atoms with van der Waals surface area (Å²) >= 11 is 0. The van der Waals surface area contributed by atoms with Crippen LogP contribution >= 0.6 is 0 Å². The molecule has 1 aromatic carbocycles. The maximum absolute atomic E-state index is 6.11. The quantitative estimate of drug-likeness (QED) is 0.695. The summed E-state index contributed by atoms with van der Waals surface area (Å²) in [6.07, 6.45) is 4.32. The fourth-order valence-corrected chi connectivity index (χ4v) is 2.88. The molecule has 1 aliphatic rings. The van der Waals surface area contributed by atoms with Gasteiger partial charge in [-0.15, -0.1) is 0 Å². The van der Waals surface area contributed by atoms with Gasteiger partial charge in [0.05, 0.1) is 0 Å². The van der Waals surface area contributed by atoms with E-state index < -0.39 is 0 Å². The standard InChI is InChI=1S/C17H28BN3O/c1-13-7-14(5-6-18)3-4-17(13)22-16-11-21(12-16)10-15(8-19)9-20-2/h3-4,7-8,16,20H,5-6,9-12,18-19H2,1-2H3/b15-8+. The first-order valence-electron chi connectivity index (χ1n) is 8.19. The lowest BCUT2D eigenvalue weighted by atomic mass is 9.96. The number of aryl methyl sites for hydroxylation is 2. The number of nitrogens with one attached hydrogen (secondary N) is 1. The smallest absolute Gasteiger partial charge is 0.124 e. The first kappa shape index (κ1) is 16.9. The second-order valence-corrected chi connectivity index (χ2v) is 6.14. The van der Waals surface area contributed by atoms with Gasteiger partial charge < -0.3 is 15.8 Å². The summed E-state index contributed by atoms with van der Waals surface area (Å²) in [5, 5.41) is 3.14. The van der Waals surface area contributed by atoms with Crippen LogP contribution in [0.5, 0.6) is 5.75 Å². The molecule has 1 aromatic rings. The minimum Gasteiger partial charge on any atom is -0.487 e. The van der Waals surface area contributed by atoms with E-state index in [0.717, 1.165) is 38.3 Å². The summed E-state index contributed by atoms with van der Waals surface area (Å²) < 4.78 is 6.11. The van der Waals surface area contributed by atoms with Crippen LogP contribution in [0.4, 0.5) is 0 Å². The third-order valence-corrected chi connectivity index (χ3v) is 4.06. The largest absolute Gasteiger partial charge is 0.487 e. The Balaban J connectivity index is 1.80. The lowest BCUT2D eigenvalue weighted by molar-refractivity contribution is 0.0258. The molecular formula is C17H28BN3O. The molecule has 0 bridgehead atoms. The maximum atomic E-state index is 6.11. The van der Waals surface area contributed by atoms with Gasteiger partial charge in [-0.25, -0.2) is 0 Å². The highest BCUT2D eigenvalue weighted by Gasteiger charge is 2.28. The van der Waals surface area contributed by atoms with E-state index in [1.54, 1.807) is 6.20 Å². The molecule has 0 saturated carbocycles. The van der Waals surface area contributed by atoms with Crippen LogP contribution < -0.4 is 15.8 Å². The van der Waals surface area contributed by atoms with Crippen molar-refractivity contribution in [1.82, 2.24) is 10.2 Å². The minimum absolute atomic E-state index is 0.296. The summed E-state index contributed by atoms with van der Waals surface area (Å²) in [4.78, 5) is 2.36. The predicted molar refractivity (Wildman–Crippen MR) is 95.3 cm³/mol. The van der Waals surface area contributed by atoms with Crippen molar-refractivity contribution in [3.63, 3.8) is 0 Å². The van der Waals surface area contributed by atoms with E-state index in [9.17, 15) is 0 Å². The molecule has 2 rings (SSSR count). The molecule has 1 aliphatic heterocycles. The normalized spacial score (nSPS) is 16.5. The van der Waals surface area contributed by atoms with Gasteiger partial charge >= 0.3 is 0 Å². The number of benzene rings is 1. The number of hydrogen-bond donors (Lipinski definition) is 2. The Labute approximate surface area is 135 Å². The number of nitrogens with zero attached hydrogens (tertiary/aromatic N) is 1. The van der Waals surface area contributed by atoms with Gasteiger partial charge in [0.2, 0.25) is 0 Å². The Kier molecular flexibility index (Phi) is 6.34. The molecule has 1 fully saturated rings. The molecule has 120 valence electrons. The minimum atomic E-state index is 0.296. The van der Waals surface area contributed by atoms with Crippen LogP contribution in [0.3, 0.4) is 0 Å². The molecule has 0 unspecified atom stereocenters. The van der Waals surface area contributed by atoms with Crippen molar-refractivity contribution in [3.05, 3.63) is 41.1 Å². The molecule has 0 atom stereocenters. The summed E-state index contributed by atoms with van der Waals surface area (Å²) in [7, 11) is 4.15. The Morgan fingerprint density at radius 3 is 2.86 bits per heavy atom.